The summed E-state index contributed by atoms with van der Waals surface area (Å²) in [4.78, 5) is 23.7. The minimum atomic E-state index is -0.121. The lowest BCUT2D eigenvalue weighted by Gasteiger charge is -2.10. The fourth-order valence-corrected chi connectivity index (χ4v) is 2.02. The van der Waals surface area contributed by atoms with Gasteiger partial charge in [-0.1, -0.05) is 32.3 Å². The van der Waals surface area contributed by atoms with Gasteiger partial charge in [0.1, 0.15) is 0 Å². The molecular formula is C17H26N2O2. The van der Waals surface area contributed by atoms with E-state index in [9.17, 15) is 9.59 Å². The van der Waals surface area contributed by atoms with Gasteiger partial charge in [-0.2, -0.15) is 0 Å². The maximum Gasteiger partial charge on any atom is 0.251 e. The van der Waals surface area contributed by atoms with Crippen LogP contribution in [-0.2, 0) is 4.79 Å². The smallest absolute Gasteiger partial charge is 0.251 e. The van der Waals surface area contributed by atoms with Gasteiger partial charge in [0.2, 0.25) is 5.91 Å². The minimum absolute atomic E-state index is 0.00696. The largest absolute Gasteiger partial charge is 0.350 e. The molecule has 0 saturated heterocycles. The van der Waals surface area contributed by atoms with Crippen LogP contribution in [0.15, 0.2) is 24.3 Å². The molecule has 0 fully saturated rings. The van der Waals surface area contributed by atoms with Gasteiger partial charge in [0.05, 0.1) is 0 Å². The molecule has 116 valence electrons. The third-order valence-corrected chi connectivity index (χ3v) is 3.09. The molecule has 1 aromatic carbocycles. The Morgan fingerprint density at radius 3 is 2.57 bits per heavy atom. The van der Waals surface area contributed by atoms with Crippen molar-refractivity contribution < 1.29 is 9.59 Å². The lowest BCUT2D eigenvalue weighted by atomic mass is 10.1. The summed E-state index contributed by atoms with van der Waals surface area (Å²) in [5.74, 6) is -0.114. The van der Waals surface area contributed by atoms with Crippen LogP contribution in [0.25, 0.3) is 0 Å². The highest BCUT2D eigenvalue weighted by Crippen LogP contribution is 2.12. The molecule has 0 aliphatic heterocycles. The Morgan fingerprint density at radius 1 is 1.14 bits per heavy atom. The van der Waals surface area contributed by atoms with Crippen LogP contribution in [-0.4, -0.2) is 17.9 Å². The monoisotopic (exact) mass is 290 g/mol. The average molecular weight is 290 g/mol. The zero-order valence-corrected chi connectivity index (χ0v) is 13.2. The molecule has 0 unspecified atom stereocenters. The highest BCUT2D eigenvalue weighted by molar-refractivity contribution is 5.97. The van der Waals surface area contributed by atoms with Crippen molar-refractivity contribution in [2.24, 2.45) is 0 Å². The number of carbonyl (C=O) groups excluding carboxylic acids is 2. The Hall–Kier alpha value is -1.84. The van der Waals surface area contributed by atoms with Crippen molar-refractivity contribution in [3.63, 3.8) is 0 Å². The van der Waals surface area contributed by atoms with Gasteiger partial charge in [-0.05, 0) is 38.5 Å². The van der Waals surface area contributed by atoms with Crippen molar-refractivity contribution >= 4 is 17.5 Å². The van der Waals surface area contributed by atoms with Gasteiger partial charge in [-0.25, -0.2) is 0 Å². The lowest BCUT2D eigenvalue weighted by Crippen LogP contribution is -2.30. The minimum Gasteiger partial charge on any atom is -0.350 e. The normalized spacial score (nSPS) is 10.5. The summed E-state index contributed by atoms with van der Waals surface area (Å²) >= 11 is 0. The van der Waals surface area contributed by atoms with Crippen molar-refractivity contribution in [2.45, 2.75) is 58.9 Å². The second-order valence-corrected chi connectivity index (χ2v) is 5.57. The second kappa shape index (κ2) is 9.16. The predicted molar refractivity (Wildman–Crippen MR) is 86.4 cm³/mol. The molecule has 4 heteroatoms. The lowest BCUT2D eigenvalue weighted by molar-refractivity contribution is -0.116. The first kappa shape index (κ1) is 17.2. The van der Waals surface area contributed by atoms with E-state index in [0.717, 1.165) is 25.7 Å². The van der Waals surface area contributed by atoms with Crippen LogP contribution in [0, 0.1) is 0 Å². The number of hydrogen-bond acceptors (Lipinski definition) is 2. The second-order valence-electron chi connectivity index (χ2n) is 5.57. The fourth-order valence-electron chi connectivity index (χ4n) is 2.02. The number of carbonyl (C=O) groups is 2. The molecule has 0 aliphatic carbocycles. The van der Waals surface area contributed by atoms with Crippen LogP contribution >= 0.6 is 0 Å². The molecule has 1 rings (SSSR count). The highest BCUT2D eigenvalue weighted by atomic mass is 16.2. The van der Waals surface area contributed by atoms with E-state index in [2.05, 4.69) is 17.6 Å². The summed E-state index contributed by atoms with van der Waals surface area (Å²) in [7, 11) is 0. The van der Waals surface area contributed by atoms with E-state index in [1.54, 1.807) is 24.3 Å². The Labute approximate surface area is 127 Å². The molecule has 0 heterocycles. The summed E-state index contributed by atoms with van der Waals surface area (Å²) in [6, 6.07) is 7.13. The molecule has 0 aliphatic rings. The van der Waals surface area contributed by atoms with E-state index in [1.165, 1.54) is 0 Å². The zero-order valence-electron chi connectivity index (χ0n) is 13.2. The van der Waals surface area contributed by atoms with Crippen molar-refractivity contribution in [3.05, 3.63) is 29.8 Å². The Balaban J connectivity index is 2.52. The molecule has 1 aromatic rings. The topological polar surface area (TPSA) is 58.2 Å². The van der Waals surface area contributed by atoms with E-state index < -0.39 is 0 Å². The quantitative estimate of drug-likeness (QED) is 0.717. The summed E-state index contributed by atoms with van der Waals surface area (Å²) < 4.78 is 0. The van der Waals surface area contributed by atoms with E-state index >= 15 is 0 Å². The van der Waals surface area contributed by atoms with Gasteiger partial charge in [-0.15, -0.1) is 0 Å². The van der Waals surface area contributed by atoms with Crippen LogP contribution in [0.4, 0.5) is 5.69 Å². The summed E-state index contributed by atoms with van der Waals surface area (Å²) in [5.41, 5.74) is 1.24. The predicted octanol–water partition coefficient (Wildman–Crippen LogP) is 3.73. The standard InChI is InChI=1S/C17H26N2O2/c1-4-5-6-7-11-16(20)19-15-10-8-9-14(12-15)17(21)18-13(2)3/h8-10,12-13H,4-7,11H2,1-3H3,(H,18,21)(H,19,20). The SMILES string of the molecule is CCCCCCC(=O)Nc1cccc(C(=O)NC(C)C)c1. The van der Waals surface area contributed by atoms with E-state index in [4.69, 9.17) is 0 Å². The van der Waals surface area contributed by atoms with Crippen LogP contribution in [0.2, 0.25) is 0 Å². The molecule has 2 amide bonds. The highest BCUT2D eigenvalue weighted by Gasteiger charge is 2.08. The fraction of sp³-hybridized carbons (Fsp3) is 0.529. The van der Waals surface area contributed by atoms with Gasteiger partial charge in [0.15, 0.2) is 0 Å². The van der Waals surface area contributed by atoms with Crippen molar-refractivity contribution in [1.82, 2.24) is 5.32 Å². The van der Waals surface area contributed by atoms with Gasteiger partial charge in [0.25, 0.3) is 5.91 Å². The first-order valence-electron chi connectivity index (χ1n) is 7.73. The molecule has 0 saturated carbocycles. The van der Waals surface area contributed by atoms with E-state index in [0.29, 0.717) is 17.7 Å². The zero-order chi connectivity index (χ0) is 15.7. The van der Waals surface area contributed by atoms with Crippen LogP contribution < -0.4 is 10.6 Å². The number of anilines is 1. The molecule has 21 heavy (non-hydrogen) atoms. The molecule has 0 spiro atoms. The third-order valence-electron chi connectivity index (χ3n) is 3.09. The van der Waals surface area contributed by atoms with Crippen LogP contribution in [0.1, 0.15) is 63.2 Å². The third kappa shape index (κ3) is 6.93. The number of benzene rings is 1. The maximum atomic E-state index is 11.9. The van der Waals surface area contributed by atoms with Crippen molar-refractivity contribution in [1.29, 1.82) is 0 Å². The summed E-state index contributed by atoms with van der Waals surface area (Å²) in [5, 5.41) is 5.68. The maximum absolute atomic E-state index is 11.9. The summed E-state index contributed by atoms with van der Waals surface area (Å²) in [6.45, 7) is 5.98. The number of rotatable bonds is 8. The van der Waals surface area contributed by atoms with Crippen LogP contribution in [0.5, 0.6) is 0 Å². The number of unbranched alkanes of at least 4 members (excludes halogenated alkanes) is 3. The molecule has 4 nitrogen and oxygen atoms in total. The van der Waals surface area contributed by atoms with E-state index in [1.807, 2.05) is 13.8 Å². The van der Waals surface area contributed by atoms with Crippen molar-refractivity contribution in [2.75, 3.05) is 5.32 Å². The molecule has 0 bridgehead atoms. The Bertz CT molecular complexity index is 470. The molecule has 0 atom stereocenters. The number of amides is 2. The molecule has 2 N–H and O–H groups in total. The van der Waals surface area contributed by atoms with Gasteiger partial charge in [-0.3, -0.25) is 9.59 Å². The molecule has 0 radical (unpaired) electrons. The van der Waals surface area contributed by atoms with Gasteiger partial charge >= 0.3 is 0 Å². The molecule has 0 aromatic heterocycles. The Kier molecular flexibility index (Phi) is 7.51. The van der Waals surface area contributed by atoms with Gasteiger partial charge in [0, 0.05) is 23.7 Å². The number of hydrogen-bond donors (Lipinski definition) is 2. The molecular weight excluding hydrogens is 264 g/mol. The first-order chi connectivity index (χ1) is 10.0. The van der Waals surface area contributed by atoms with E-state index in [-0.39, 0.29) is 17.9 Å². The van der Waals surface area contributed by atoms with Gasteiger partial charge < -0.3 is 10.6 Å². The van der Waals surface area contributed by atoms with Crippen LogP contribution in [0.3, 0.4) is 0 Å². The average Bonchev–Trinajstić information content (AvgIpc) is 2.43. The number of nitrogens with one attached hydrogen (secondary N) is 2. The first-order valence-corrected chi connectivity index (χ1v) is 7.73. The summed E-state index contributed by atoms with van der Waals surface area (Å²) in [6.07, 6.45) is 4.85. The van der Waals surface area contributed by atoms with Crippen molar-refractivity contribution in [3.8, 4) is 0 Å². The Morgan fingerprint density at radius 2 is 1.90 bits per heavy atom.